The fourth-order valence-corrected chi connectivity index (χ4v) is 2.32. The molecule has 0 aliphatic carbocycles. The van der Waals surface area contributed by atoms with Crippen LogP contribution in [-0.2, 0) is 14.3 Å². The number of esters is 1. The number of rotatable bonds is 8. The van der Waals surface area contributed by atoms with E-state index in [2.05, 4.69) is 10.1 Å². The van der Waals surface area contributed by atoms with E-state index in [-0.39, 0.29) is 12.3 Å². The molecule has 1 atom stereocenters. The van der Waals surface area contributed by atoms with Gasteiger partial charge < -0.3 is 19.9 Å². The minimum absolute atomic E-state index is 0.193. The molecular formula is C18H21NO5. The summed E-state index contributed by atoms with van der Waals surface area (Å²) in [4.78, 5) is 23.1. The number of nitrogens with one attached hydrogen (secondary N) is 1. The molecule has 128 valence electrons. The van der Waals surface area contributed by atoms with Gasteiger partial charge in [-0.3, -0.25) is 4.79 Å². The van der Waals surface area contributed by atoms with Gasteiger partial charge in [0.1, 0.15) is 5.75 Å². The zero-order valence-corrected chi connectivity index (χ0v) is 13.5. The lowest BCUT2D eigenvalue weighted by Crippen LogP contribution is -2.44. The summed E-state index contributed by atoms with van der Waals surface area (Å²) in [5.41, 5.74) is 0. The van der Waals surface area contributed by atoms with Gasteiger partial charge in [-0.1, -0.05) is 36.4 Å². The lowest BCUT2D eigenvalue weighted by Gasteiger charge is -2.14. The van der Waals surface area contributed by atoms with Crippen molar-refractivity contribution in [3.05, 3.63) is 42.5 Å². The molecule has 0 heterocycles. The summed E-state index contributed by atoms with van der Waals surface area (Å²) in [6.07, 6.45) is 0.687. The van der Waals surface area contributed by atoms with Crippen LogP contribution in [0.25, 0.3) is 10.8 Å². The SMILES string of the molecule is COC(=O)[C@H](CO)NC(=O)CCCOc1cccc2ccccc12. The fraction of sp³-hybridized carbons (Fsp3) is 0.333. The highest BCUT2D eigenvalue weighted by Gasteiger charge is 2.19. The highest BCUT2D eigenvalue weighted by molar-refractivity contribution is 5.88. The maximum Gasteiger partial charge on any atom is 0.330 e. The van der Waals surface area contributed by atoms with Crippen molar-refractivity contribution in [3.8, 4) is 5.75 Å². The van der Waals surface area contributed by atoms with Crippen molar-refractivity contribution in [1.82, 2.24) is 5.32 Å². The first-order valence-corrected chi connectivity index (χ1v) is 7.74. The zero-order chi connectivity index (χ0) is 17.4. The molecule has 0 fully saturated rings. The topological polar surface area (TPSA) is 84.9 Å². The Morgan fingerprint density at radius 2 is 1.92 bits per heavy atom. The van der Waals surface area contributed by atoms with Crippen molar-refractivity contribution < 1.29 is 24.2 Å². The average Bonchev–Trinajstić information content (AvgIpc) is 2.62. The lowest BCUT2D eigenvalue weighted by molar-refractivity contribution is -0.146. The molecule has 0 bridgehead atoms. The molecule has 24 heavy (non-hydrogen) atoms. The number of fused-ring (bicyclic) bond motifs is 1. The second kappa shape index (κ2) is 8.88. The first kappa shape index (κ1) is 17.7. The van der Waals surface area contributed by atoms with Crippen molar-refractivity contribution in [1.29, 1.82) is 0 Å². The molecule has 0 aliphatic rings. The van der Waals surface area contributed by atoms with Crippen molar-refractivity contribution in [2.45, 2.75) is 18.9 Å². The largest absolute Gasteiger partial charge is 0.493 e. The van der Waals surface area contributed by atoms with E-state index < -0.39 is 18.6 Å². The number of carbonyl (C=O) groups excluding carboxylic acids is 2. The van der Waals surface area contributed by atoms with Crippen LogP contribution in [0.3, 0.4) is 0 Å². The minimum atomic E-state index is -1.03. The van der Waals surface area contributed by atoms with Crippen LogP contribution >= 0.6 is 0 Å². The van der Waals surface area contributed by atoms with E-state index in [1.54, 1.807) is 0 Å². The lowest BCUT2D eigenvalue weighted by atomic mass is 10.1. The fourth-order valence-electron chi connectivity index (χ4n) is 2.32. The summed E-state index contributed by atoms with van der Waals surface area (Å²) in [7, 11) is 1.20. The van der Waals surface area contributed by atoms with Crippen LogP contribution in [0.5, 0.6) is 5.75 Å². The zero-order valence-electron chi connectivity index (χ0n) is 13.5. The van der Waals surface area contributed by atoms with Gasteiger partial charge >= 0.3 is 5.97 Å². The van der Waals surface area contributed by atoms with Crippen LogP contribution in [-0.4, -0.2) is 43.3 Å². The summed E-state index contributed by atoms with van der Waals surface area (Å²) in [6.45, 7) is -0.117. The predicted molar refractivity (Wildman–Crippen MR) is 89.7 cm³/mol. The monoisotopic (exact) mass is 331 g/mol. The maximum absolute atomic E-state index is 11.8. The van der Waals surface area contributed by atoms with E-state index in [4.69, 9.17) is 9.84 Å². The summed E-state index contributed by atoms with van der Waals surface area (Å²) < 4.78 is 10.2. The third kappa shape index (κ3) is 4.70. The van der Waals surface area contributed by atoms with E-state index >= 15 is 0 Å². The second-order valence-corrected chi connectivity index (χ2v) is 5.26. The number of methoxy groups -OCH3 is 1. The quantitative estimate of drug-likeness (QED) is 0.567. The molecule has 0 saturated carbocycles. The number of carbonyl (C=O) groups is 2. The molecule has 0 spiro atoms. The van der Waals surface area contributed by atoms with Gasteiger partial charge in [-0.2, -0.15) is 0 Å². The van der Waals surface area contributed by atoms with Crippen LogP contribution in [0.2, 0.25) is 0 Å². The Kier molecular flexibility index (Phi) is 6.57. The molecular weight excluding hydrogens is 310 g/mol. The molecule has 2 aromatic carbocycles. The molecule has 0 radical (unpaired) electrons. The predicted octanol–water partition coefficient (Wildman–Crippen LogP) is 1.65. The molecule has 1 amide bonds. The molecule has 0 aliphatic heterocycles. The van der Waals surface area contributed by atoms with E-state index in [1.807, 2.05) is 42.5 Å². The third-order valence-electron chi connectivity index (χ3n) is 3.56. The van der Waals surface area contributed by atoms with Crippen LogP contribution in [0.15, 0.2) is 42.5 Å². The number of aliphatic hydroxyl groups is 1. The first-order chi connectivity index (χ1) is 11.7. The number of hydrogen-bond donors (Lipinski definition) is 2. The van der Waals surface area contributed by atoms with Crippen LogP contribution in [0.4, 0.5) is 0 Å². The van der Waals surface area contributed by atoms with Gasteiger partial charge in [0, 0.05) is 11.8 Å². The van der Waals surface area contributed by atoms with E-state index in [9.17, 15) is 9.59 Å². The van der Waals surface area contributed by atoms with Gasteiger partial charge in [0.05, 0.1) is 20.3 Å². The van der Waals surface area contributed by atoms with Gasteiger partial charge in [-0.15, -0.1) is 0 Å². The Labute approximate surface area is 140 Å². The molecule has 2 rings (SSSR count). The summed E-state index contributed by atoms with van der Waals surface area (Å²) in [5.74, 6) is -0.227. The smallest absolute Gasteiger partial charge is 0.330 e. The Bertz CT molecular complexity index is 695. The number of ether oxygens (including phenoxy) is 2. The number of hydrogen-bond acceptors (Lipinski definition) is 5. The van der Waals surface area contributed by atoms with Crippen molar-refractivity contribution in [2.24, 2.45) is 0 Å². The van der Waals surface area contributed by atoms with Gasteiger partial charge in [0.15, 0.2) is 6.04 Å². The van der Waals surface area contributed by atoms with Crippen molar-refractivity contribution in [3.63, 3.8) is 0 Å². The Morgan fingerprint density at radius 1 is 1.17 bits per heavy atom. The highest BCUT2D eigenvalue weighted by atomic mass is 16.5. The van der Waals surface area contributed by atoms with Gasteiger partial charge in [-0.05, 0) is 17.9 Å². The van der Waals surface area contributed by atoms with Gasteiger partial charge in [0.2, 0.25) is 5.91 Å². The Morgan fingerprint density at radius 3 is 2.67 bits per heavy atom. The second-order valence-electron chi connectivity index (χ2n) is 5.26. The van der Waals surface area contributed by atoms with Crippen LogP contribution in [0, 0.1) is 0 Å². The highest BCUT2D eigenvalue weighted by Crippen LogP contribution is 2.25. The first-order valence-electron chi connectivity index (χ1n) is 7.74. The molecule has 0 saturated heterocycles. The molecule has 0 aromatic heterocycles. The number of amides is 1. The molecule has 6 heteroatoms. The van der Waals surface area contributed by atoms with Gasteiger partial charge in [0.25, 0.3) is 0 Å². The molecule has 6 nitrogen and oxygen atoms in total. The average molecular weight is 331 g/mol. The summed E-state index contributed by atoms with van der Waals surface area (Å²) >= 11 is 0. The molecule has 2 aromatic rings. The Balaban J connectivity index is 1.80. The maximum atomic E-state index is 11.8. The third-order valence-corrected chi connectivity index (χ3v) is 3.56. The van der Waals surface area contributed by atoms with Crippen LogP contribution in [0.1, 0.15) is 12.8 Å². The standard InChI is InChI=1S/C18H21NO5/c1-23-18(22)15(12-20)19-17(21)10-5-11-24-16-9-4-7-13-6-2-3-8-14(13)16/h2-4,6-9,15,20H,5,10-12H2,1H3,(H,19,21)/t15-/m0/s1. The minimum Gasteiger partial charge on any atom is -0.493 e. The summed E-state index contributed by atoms with van der Waals surface area (Å²) in [5, 5.41) is 13.6. The Hall–Kier alpha value is -2.60. The number of aliphatic hydroxyl groups excluding tert-OH is 1. The summed E-state index contributed by atoms with van der Waals surface area (Å²) in [6, 6.07) is 12.7. The van der Waals surface area contributed by atoms with Crippen molar-refractivity contribution >= 4 is 22.6 Å². The van der Waals surface area contributed by atoms with Gasteiger partial charge in [-0.25, -0.2) is 4.79 Å². The number of benzene rings is 2. The van der Waals surface area contributed by atoms with Crippen molar-refractivity contribution in [2.75, 3.05) is 20.3 Å². The normalized spacial score (nSPS) is 11.8. The van der Waals surface area contributed by atoms with E-state index in [0.717, 1.165) is 16.5 Å². The molecule has 2 N–H and O–H groups in total. The van der Waals surface area contributed by atoms with Crippen LogP contribution < -0.4 is 10.1 Å². The van der Waals surface area contributed by atoms with E-state index in [1.165, 1.54) is 7.11 Å². The van der Waals surface area contributed by atoms with E-state index in [0.29, 0.717) is 13.0 Å². The molecule has 0 unspecified atom stereocenters.